The summed E-state index contributed by atoms with van der Waals surface area (Å²) in [5.74, 6) is 0.484. The lowest BCUT2D eigenvalue weighted by Gasteiger charge is -2.32. The van der Waals surface area contributed by atoms with Gasteiger partial charge in [-0.2, -0.15) is 0 Å². The standard InChI is InChI=1S/C27H29N5O4S/c1-35-22-14-13-19(16-23(22)36-2)32(25(33)17-31-21-11-6-5-10-20(21)29-30-31)26(24-12-7-15-37-24)27(34)28-18-8-3-4-9-18/h5-7,10-16,18,26H,3-4,8-9,17H2,1-2H3,(H,28,34)/t26-/m0/s1. The fourth-order valence-electron chi connectivity index (χ4n) is 4.82. The van der Waals surface area contributed by atoms with Crippen LogP contribution in [0.25, 0.3) is 11.0 Å². The van der Waals surface area contributed by atoms with Gasteiger partial charge in [0.1, 0.15) is 18.1 Å². The summed E-state index contributed by atoms with van der Waals surface area (Å²) in [6, 6.07) is 15.7. The predicted molar refractivity (Wildman–Crippen MR) is 142 cm³/mol. The van der Waals surface area contributed by atoms with E-state index in [0.29, 0.717) is 22.7 Å². The second-order valence-corrected chi connectivity index (χ2v) is 9.93. The number of anilines is 1. The maximum Gasteiger partial charge on any atom is 0.249 e. The highest BCUT2D eigenvalue weighted by atomic mass is 32.1. The van der Waals surface area contributed by atoms with E-state index < -0.39 is 6.04 Å². The van der Waals surface area contributed by atoms with E-state index in [1.54, 1.807) is 37.1 Å². The van der Waals surface area contributed by atoms with Crippen LogP contribution in [-0.4, -0.2) is 47.1 Å². The number of carbonyl (C=O) groups is 2. The summed E-state index contributed by atoms with van der Waals surface area (Å²) in [4.78, 5) is 30.2. The van der Waals surface area contributed by atoms with E-state index in [4.69, 9.17) is 9.47 Å². The minimum absolute atomic E-state index is 0.0898. The molecule has 1 aliphatic rings. The van der Waals surface area contributed by atoms with Crippen LogP contribution in [0.3, 0.4) is 0 Å². The van der Waals surface area contributed by atoms with E-state index in [9.17, 15) is 9.59 Å². The molecule has 0 aliphatic heterocycles. The maximum absolute atomic E-state index is 14.1. The average molecular weight is 520 g/mol. The topological polar surface area (TPSA) is 98.6 Å². The number of para-hydroxylation sites is 1. The largest absolute Gasteiger partial charge is 0.493 e. The van der Waals surface area contributed by atoms with Gasteiger partial charge in [0.05, 0.1) is 19.7 Å². The number of fused-ring (bicyclic) bond motifs is 1. The lowest BCUT2D eigenvalue weighted by atomic mass is 10.1. The molecule has 0 saturated heterocycles. The Balaban J connectivity index is 1.57. The molecule has 0 bridgehead atoms. The van der Waals surface area contributed by atoms with Crippen LogP contribution in [0.1, 0.15) is 36.6 Å². The van der Waals surface area contributed by atoms with Gasteiger partial charge in [-0.15, -0.1) is 16.4 Å². The Morgan fingerprint density at radius 1 is 1.08 bits per heavy atom. The molecule has 2 aromatic carbocycles. The van der Waals surface area contributed by atoms with Gasteiger partial charge >= 0.3 is 0 Å². The van der Waals surface area contributed by atoms with Crippen LogP contribution in [0.15, 0.2) is 60.0 Å². The number of nitrogens with one attached hydrogen (secondary N) is 1. The Hall–Kier alpha value is -3.92. The molecule has 1 N–H and O–H groups in total. The summed E-state index contributed by atoms with van der Waals surface area (Å²) in [6.45, 7) is -0.0898. The number of ether oxygens (including phenoxy) is 2. The number of hydrogen-bond acceptors (Lipinski definition) is 7. The third kappa shape index (κ3) is 5.15. The van der Waals surface area contributed by atoms with E-state index in [1.165, 1.54) is 16.2 Å². The van der Waals surface area contributed by atoms with Gasteiger partial charge in [-0.1, -0.05) is 36.3 Å². The molecule has 1 fully saturated rings. The number of amides is 2. The van der Waals surface area contributed by atoms with Crippen LogP contribution >= 0.6 is 11.3 Å². The summed E-state index contributed by atoms with van der Waals surface area (Å²) in [7, 11) is 3.10. The molecule has 2 amide bonds. The number of thiophene rings is 1. The molecule has 37 heavy (non-hydrogen) atoms. The van der Waals surface area contributed by atoms with Crippen LogP contribution in [0.4, 0.5) is 5.69 Å². The first-order valence-corrected chi connectivity index (χ1v) is 13.1. The van der Waals surface area contributed by atoms with Crippen molar-refractivity contribution >= 4 is 39.9 Å². The minimum atomic E-state index is -0.860. The molecule has 0 unspecified atom stereocenters. The van der Waals surface area contributed by atoms with E-state index >= 15 is 0 Å². The third-order valence-electron chi connectivity index (χ3n) is 6.64. The number of rotatable bonds is 9. The van der Waals surface area contributed by atoms with Crippen molar-refractivity contribution in [3.05, 3.63) is 64.9 Å². The minimum Gasteiger partial charge on any atom is -0.493 e. The van der Waals surface area contributed by atoms with Crippen molar-refractivity contribution in [2.45, 2.75) is 44.3 Å². The Bertz CT molecular complexity index is 1380. The van der Waals surface area contributed by atoms with E-state index in [0.717, 1.165) is 36.1 Å². The Kier molecular flexibility index (Phi) is 7.36. The Morgan fingerprint density at radius 2 is 1.86 bits per heavy atom. The van der Waals surface area contributed by atoms with Gasteiger partial charge in [0.2, 0.25) is 11.8 Å². The van der Waals surface area contributed by atoms with Crippen molar-refractivity contribution in [3.63, 3.8) is 0 Å². The van der Waals surface area contributed by atoms with Gasteiger partial charge in [0.15, 0.2) is 11.5 Å². The zero-order valence-corrected chi connectivity index (χ0v) is 21.6. The highest BCUT2D eigenvalue weighted by Crippen LogP contribution is 2.37. The Labute approximate surface area is 219 Å². The van der Waals surface area contributed by atoms with Crippen molar-refractivity contribution in [1.29, 1.82) is 0 Å². The van der Waals surface area contributed by atoms with Crippen LogP contribution in [0.5, 0.6) is 11.5 Å². The summed E-state index contributed by atoms with van der Waals surface area (Å²) in [6.07, 6.45) is 4.06. The highest BCUT2D eigenvalue weighted by Gasteiger charge is 2.35. The first-order chi connectivity index (χ1) is 18.1. The normalized spacial score (nSPS) is 14.4. The average Bonchev–Trinajstić information content (AvgIpc) is 3.70. The van der Waals surface area contributed by atoms with Gasteiger partial charge in [0, 0.05) is 22.7 Å². The molecular formula is C27H29N5O4S. The summed E-state index contributed by atoms with van der Waals surface area (Å²) >= 11 is 1.44. The molecule has 0 spiro atoms. The number of aromatic nitrogens is 3. The van der Waals surface area contributed by atoms with E-state index in [2.05, 4.69) is 15.6 Å². The SMILES string of the molecule is COc1ccc(N(C(=O)Cn2nnc3ccccc32)[C@H](C(=O)NC2CCCC2)c2cccs2)cc1OC. The zero-order valence-electron chi connectivity index (χ0n) is 20.8. The molecule has 9 nitrogen and oxygen atoms in total. The van der Waals surface area contributed by atoms with Gasteiger partial charge in [-0.3, -0.25) is 14.5 Å². The first kappa shape index (κ1) is 24.8. The number of hydrogen-bond donors (Lipinski definition) is 1. The van der Waals surface area contributed by atoms with Crippen molar-refractivity contribution in [2.24, 2.45) is 0 Å². The molecule has 1 atom stereocenters. The van der Waals surface area contributed by atoms with Crippen molar-refractivity contribution in [2.75, 3.05) is 19.1 Å². The second-order valence-electron chi connectivity index (χ2n) is 8.95. The lowest BCUT2D eigenvalue weighted by Crippen LogP contribution is -2.47. The van der Waals surface area contributed by atoms with Gasteiger partial charge < -0.3 is 14.8 Å². The number of carbonyl (C=O) groups excluding carboxylic acids is 2. The van der Waals surface area contributed by atoms with E-state index in [1.807, 2.05) is 41.8 Å². The molecule has 10 heteroatoms. The lowest BCUT2D eigenvalue weighted by molar-refractivity contribution is -0.127. The zero-order chi connectivity index (χ0) is 25.8. The number of methoxy groups -OCH3 is 2. The molecular weight excluding hydrogens is 490 g/mol. The molecule has 5 rings (SSSR count). The second kappa shape index (κ2) is 11.0. The van der Waals surface area contributed by atoms with Crippen LogP contribution in [0.2, 0.25) is 0 Å². The van der Waals surface area contributed by atoms with Crippen molar-refractivity contribution < 1.29 is 19.1 Å². The van der Waals surface area contributed by atoms with Crippen molar-refractivity contribution in [3.8, 4) is 11.5 Å². The monoisotopic (exact) mass is 519 g/mol. The smallest absolute Gasteiger partial charge is 0.249 e. The molecule has 192 valence electrons. The summed E-state index contributed by atoms with van der Waals surface area (Å²) in [5, 5.41) is 13.5. The molecule has 2 aromatic heterocycles. The van der Waals surface area contributed by atoms with Crippen LogP contribution < -0.4 is 19.7 Å². The number of nitrogens with zero attached hydrogens (tertiary/aromatic N) is 4. The van der Waals surface area contributed by atoms with Gasteiger partial charge in [-0.05, 0) is 48.6 Å². The van der Waals surface area contributed by atoms with Crippen LogP contribution in [0, 0.1) is 0 Å². The molecule has 1 aliphatic carbocycles. The fraction of sp³-hybridized carbons (Fsp3) is 0.333. The predicted octanol–water partition coefficient (Wildman–Crippen LogP) is 4.34. The fourth-order valence-corrected chi connectivity index (χ4v) is 5.63. The van der Waals surface area contributed by atoms with E-state index in [-0.39, 0.29) is 24.4 Å². The van der Waals surface area contributed by atoms with Gasteiger partial charge in [0.25, 0.3) is 0 Å². The third-order valence-corrected chi connectivity index (χ3v) is 7.56. The quantitative estimate of drug-likeness (QED) is 0.353. The van der Waals surface area contributed by atoms with Crippen LogP contribution in [-0.2, 0) is 16.1 Å². The molecule has 0 radical (unpaired) electrons. The molecule has 4 aromatic rings. The summed E-state index contributed by atoms with van der Waals surface area (Å²) < 4.78 is 12.5. The van der Waals surface area contributed by atoms with Crippen molar-refractivity contribution in [1.82, 2.24) is 20.3 Å². The number of benzene rings is 2. The van der Waals surface area contributed by atoms with Gasteiger partial charge in [-0.25, -0.2) is 4.68 Å². The Morgan fingerprint density at radius 3 is 2.59 bits per heavy atom. The molecule has 2 heterocycles. The maximum atomic E-state index is 14.1. The summed E-state index contributed by atoms with van der Waals surface area (Å²) in [5.41, 5.74) is 1.96. The highest BCUT2D eigenvalue weighted by molar-refractivity contribution is 7.10. The molecule has 1 saturated carbocycles. The first-order valence-electron chi connectivity index (χ1n) is 12.2.